The third-order valence-corrected chi connectivity index (χ3v) is 10.3. The van der Waals surface area contributed by atoms with E-state index in [-0.39, 0.29) is 38.4 Å². The maximum absolute atomic E-state index is 12.1. The first-order chi connectivity index (χ1) is 16.4. The van der Waals surface area contributed by atoms with E-state index in [2.05, 4.69) is 9.73 Å². The molecule has 0 aromatic heterocycles. The molecule has 0 fully saturated rings. The molecule has 0 spiro atoms. The van der Waals surface area contributed by atoms with Crippen LogP contribution in [0.2, 0.25) is 0 Å². The predicted octanol–water partition coefficient (Wildman–Crippen LogP) is 1.70. The lowest BCUT2D eigenvalue weighted by molar-refractivity contribution is 0.0600. The summed E-state index contributed by atoms with van der Waals surface area (Å²) in [6, 6.07) is 9.24. The van der Waals surface area contributed by atoms with Gasteiger partial charge in [-0.05, 0) is 35.4 Å². The maximum Gasteiger partial charge on any atom is 0.337 e. The highest BCUT2D eigenvalue weighted by atomic mass is 32.2. The van der Waals surface area contributed by atoms with E-state index in [1.807, 2.05) is 27.7 Å². The number of sulfone groups is 2. The molecular weight excluding hydrogens is 506 g/mol. The van der Waals surface area contributed by atoms with Crippen molar-refractivity contribution in [3.8, 4) is 0 Å². The number of hydrogen-bond donors (Lipinski definition) is 2. The van der Waals surface area contributed by atoms with Crippen LogP contribution in [0.1, 0.15) is 59.5 Å². The van der Waals surface area contributed by atoms with Crippen LogP contribution in [0, 0.1) is 0 Å². The van der Waals surface area contributed by atoms with Crippen LogP contribution in [0.4, 0.5) is 0 Å². The molecule has 194 valence electrons. The van der Waals surface area contributed by atoms with Crippen LogP contribution in [0.5, 0.6) is 0 Å². The fourth-order valence-corrected chi connectivity index (χ4v) is 8.99. The Balaban J connectivity index is 0.000000202. The Bertz CT molecular complexity index is 1500. The highest BCUT2D eigenvalue weighted by Gasteiger charge is 2.41. The lowest BCUT2D eigenvalue weighted by Crippen LogP contribution is -2.24. The van der Waals surface area contributed by atoms with Gasteiger partial charge in [0.2, 0.25) is 0 Å². The molecule has 2 aromatic rings. The number of carbonyl (C=O) groups is 2. The first-order valence-electron chi connectivity index (χ1n) is 10.9. The molecule has 2 aliphatic heterocycles. The summed E-state index contributed by atoms with van der Waals surface area (Å²) in [5, 5.41) is 0. The van der Waals surface area contributed by atoms with E-state index in [0.29, 0.717) is 5.56 Å². The molecule has 1 amide bonds. The van der Waals surface area contributed by atoms with Crippen molar-refractivity contribution < 1.29 is 31.2 Å². The quantitative estimate of drug-likeness (QED) is 0.329. The smallest absolute Gasteiger partial charge is 0.337 e. The normalized spacial score (nSPS) is 19.1. The van der Waals surface area contributed by atoms with Crippen molar-refractivity contribution in [3.63, 3.8) is 0 Å². The average molecular weight is 536 g/mol. The fourth-order valence-electron chi connectivity index (χ4n) is 4.50. The minimum absolute atomic E-state index is 0.0370. The molecule has 10 nitrogen and oxygen atoms in total. The number of methoxy groups -OCH3 is 1. The van der Waals surface area contributed by atoms with E-state index in [9.17, 15) is 26.4 Å². The van der Waals surface area contributed by atoms with Crippen LogP contribution < -0.4 is 11.5 Å². The summed E-state index contributed by atoms with van der Waals surface area (Å²) in [6.07, 6.45) is 0. The highest BCUT2D eigenvalue weighted by Crippen LogP contribution is 2.40. The van der Waals surface area contributed by atoms with Crippen molar-refractivity contribution in [2.45, 2.75) is 48.3 Å². The van der Waals surface area contributed by atoms with Gasteiger partial charge in [-0.1, -0.05) is 39.8 Å². The lowest BCUT2D eigenvalue weighted by atomic mass is 9.87. The van der Waals surface area contributed by atoms with Gasteiger partial charge in [-0.3, -0.25) is 4.79 Å². The Labute approximate surface area is 210 Å². The molecule has 0 atom stereocenters. The zero-order chi connectivity index (χ0) is 27.3. The van der Waals surface area contributed by atoms with E-state index < -0.39 is 42.4 Å². The summed E-state index contributed by atoms with van der Waals surface area (Å²) in [5.74, 6) is -1.40. The molecule has 2 aliphatic rings. The van der Waals surface area contributed by atoms with Gasteiger partial charge in [0.15, 0.2) is 25.6 Å². The van der Waals surface area contributed by atoms with E-state index in [0.717, 1.165) is 5.56 Å². The van der Waals surface area contributed by atoms with Crippen molar-refractivity contribution in [2.75, 3.05) is 18.6 Å². The van der Waals surface area contributed by atoms with Gasteiger partial charge < -0.3 is 16.2 Å². The molecule has 0 bridgehead atoms. The second kappa shape index (κ2) is 9.00. The summed E-state index contributed by atoms with van der Waals surface area (Å²) in [6.45, 7) is 7.48. The molecule has 4 rings (SSSR count). The highest BCUT2D eigenvalue weighted by molar-refractivity contribution is 7.92. The van der Waals surface area contributed by atoms with E-state index in [1.54, 1.807) is 18.2 Å². The number of esters is 1. The lowest BCUT2D eigenvalue weighted by Gasteiger charge is -2.16. The van der Waals surface area contributed by atoms with Gasteiger partial charge in [0.1, 0.15) is 0 Å². The molecule has 0 saturated heterocycles. The Morgan fingerprint density at radius 3 is 1.64 bits per heavy atom. The number of rotatable bonds is 2. The molecule has 12 heteroatoms. The summed E-state index contributed by atoms with van der Waals surface area (Å²) >= 11 is 0. The van der Waals surface area contributed by atoms with Gasteiger partial charge >= 0.3 is 5.97 Å². The number of fused-ring (bicyclic) bond motifs is 2. The van der Waals surface area contributed by atoms with Gasteiger partial charge in [0.05, 0.1) is 34.0 Å². The molecular formula is C24H29N3O7S2. The minimum Gasteiger partial charge on any atom is -0.465 e. The Hall–Kier alpha value is -3.25. The van der Waals surface area contributed by atoms with Crippen molar-refractivity contribution in [1.82, 2.24) is 0 Å². The van der Waals surface area contributed by atoms with E-state index in [4.69, 9.17) is 11.5 Å². The standard InChI is InChI=1S/C12H15N3O3S.C12H14O4S/c1-12(2)6-19(17,18)9-5-7(3-4-8(9)12)10(16)15-11(13)14;1-12(2)7-17(14,15)10-6-8(11(13)16-3)4-5-9(10)12/h3-5H,6H2,1-2H3,(H4,13,14,15,16);4-6H,7H2,1-3H3. The third kappa shape index (κ3) is 5.14. The number of benzene rings is 2. The van der Waals surface area contributed by atoms with Crippen LogP contribution in [0.15, 0.2) is 51.2 Å². The van der Waals surface area contributed by atoms with Gasteiger partial charge in [-0.25, -0.2) is 21.6 Å². The monoisotopic (exact) mass is 535 g/mol. The Kier molecular flexibility index (Phi) is 6.84. The number of nitrogens with two attached hydrogens (primary N) is 2. The van der Waals surface area contributed by atoms with Gasteiger partial charge in [0, 0.05) is 16.4 Å². The maximum atomic E-state index is 12.1. The molecule has 4 N–H and O–H groups in total. The SMILES string of the molecule is CC1(C)CS(=O)(=O)c2cc(C(=O)N=C(N)N)ccc21.COC(=O)c1ccc2c(c1)S(=O)(=O)CC2(C)C. The number of ether oxygens (including phenoxy) is 1. The van der Waals surface area contributed by atoms with Crippen LogP contribution in [0.3, 0.4) is 0 Å². The molecule has 2 aromatic carbocycles. The first kappa shape index (κ1) is 27.3. The summed E-state index contributed by atoms with van der Waals surface area (Å²) in [7, 11) is -5.37. The van der Waals surface area contributed by atoms with Crippen LogP contribution >= 0.6 is 0 Å². The Morgan fingerprint density at radius 2 is 1.22 bits per heavy atom. The van der Waals surface area contributed by atoms with Crippen molar-refractivity contribution in [1.29, 1.82) is 0 Å². The molecule has 0 radical (unpaired) electrons. The summed E-state index contributed by atoms with van der Waals surface area (Å²) in [4.78, 5) is 26.9. The van der Waals surface area contributed by atoms with Crippen molar-refractivity contribution in [2.24, 2.45) is 16.5 Å². The van der Waals surface area contributed by atoms with Crippen LogP contribution in [-0.4, -0.2) is 53.3 Å². The minimum atomic E-state index is -3.36. The number of hydrogen-bond acceptors (Lipinski definition) is 7. The zero-order valence-electron chi connectivity index (χ0n) is 20.7. The summed E-state index contributed by atoms with van der Waals surface area (Å²) in [5.41, 5.74) is 11.3. The molecule has 0 aliphatic carbocycles. The fraction of sp³-hybridized carbons (Fsp3) is 0.375. The number of nitrogens with zero attached hydrogens (tertiary/aromatic N) is 1. The van der Waals surface area contributed by atoms with Crippen molar-refractivity contribution >= 4 is 37.5 Å². The van der Waals surface area contributed by atoms with Crippen molar-refractivity contribution in [3.05, 3.63) is 58.7 Å². The van der Waals surface area contributed by atoms with Crippen LogP contribution in [0.25, 0.3) is 0 Å². The number of amides is 1. The van der Waals surface area contributed by atoms with E-state index in [1.165, 1.54) is 25.3 Å². The second-order valence-electron chi connectivity index (χ2n) is 10.0. The van der Waals surface area contributed by atoms with Crippen LogP contribution in [-0.2, 0) is 35.2 Å². The van der Waals surface area contributed by atoms with Gasteiger partial charge in [-0.2, -0.15) is 4.99 Å². The summed E-state index contributed by atoms with van der Waals surface area (Å²) < 4.78 is 52.7. The second-order valence-corrected chi connectivity index (χ2v) is 14.0. The number of guanidine groups is 1. The third-order valence-electron chi connectivity index (χ3n) is 6.09. The average Bonchev–Trinajstić information content (AvgIpc) is 3.07. The molecule has 0 saturated carbocycles. The molecule has 0 unspecified atom stereocenters. The number of carbonyl (C=O) groups excluding carboxylic acids is 2. The predicted molar refractivity (Wildman–Crippen MR) is 135 cm³/mol. The molecule has 36 heavy (non-hydrogen) atoms. The first-order valence-corrected chi connectivity index (χ1v) is 14.2. The number of aliphatic imine (C=N–C) groups is 1. The van der Waals surface area contributed by atoms with Gasteiger partial charge in [-0.15, -0.1) is 0 Å². The Morgan fingerprint density at radius 1 is 0.806 bits per heavy atom. The zero-order valence-corrected chi connectivity index (χ0v) is 22.3. The topological polar surface area (TPSA) is 176 Å². The molecule has 2 heterocycles. The van der Waals surface area contributed by atoms with Gasteiger partial charge in [0.25, 0.3) is 5.91 Å². The van der Waals surface area contributed by atoms with E-state index >= 15 is 0 Å². The largest absolute Gasteiger partial charge is 0.465 e.